The van der Waals surface area contributed by atoms with Crippen LogP contribution in [-0.2, 0) is 0 Å². The van der Waals surface area contributed by atoms with Gasteiger partial charge in [0.1, 0.15) is 11.9 Å². The number of nitrogens with two attached hydrogens (primary N) is 2. The highest BCUT2D eigenvalue weighted by Gasteiger charge is 2.32. The Kier molecular flexibility index (Phi) is 3.27. The van der Waals surface area contributed by atoms with E-state index in [1.165, 1.54) is 0 Å². The summed E-state index contributed by atoms with van der Waals surface area (Å²) < 4.78 is 0. The van der Waals surface area contributed by atoms with Crippen molar-refractivity contribution < 1.29 is 5.11 Å². The number of hydrogen-bond acceptors (Lipinski definition) is 4. The van der Waals surface area contributed by atoms with Gasteiger partial charge in [-0.3, -0.25) is 4.99 Å². The number of rotatable bonds is 3. The molecule has 0 aromatic carbocycles. The molecular weight excluding hydrogens is 166 g/mol. The molecule has 0 fully saturated rings. The topological polar surface area (TPSA) is 84.6 Å². The fourth-order valence-electron chi connectivity index (χ4n) is 1.63. The molecule has 4 nitrogen and oxygen atoms in total. The lowest BCUT2D eigenvalue weighted by Crippen LogP contribution is -2.31. The van der Waals surface area contributed by atoms with Gasteiger partial charge in [0.2, 0.25) is 0 Å². The summed E-state index contributed by atoms with van der Waals surface area (Å²) >= 11 is 0. The first-order valence-corrected chi connectivity index (χ1v) is 4.79. The van der Waals surface area contributed by atoms with Gasteiger partial charge in [0, 0.05) is 12.0 Å². The Labute approximate surface area is 79.0 Å². The third kappa shape index (κ3) is 2.42. The third-order valence-electron chi connectivity index (χ3n) is 2.64. The van der Waals surface area contributed by atoms with Crippen LogP contribution in [0.15, 0.2) is 4.99 Å². The van der Waals surface area contributed by atoms with Crippen molar-refractivity contribution in [1.82, 2.24) is 0 Å². The zero-order valence-electron chi connectivity index (χ0n) is 8.27. The van der Waals surface area contributed by atoms with E-state index in [1.807, 2.05) is 13.8 Å². The predicted molar refractivity (Wildman–Crippen MR) is 53.5 cm³/mol. The van der Waals surface area contributed by atoms with Gasteiger partial charge in [0.15, 0.2) is 0 Å². The van der Waals surface area contributed by atoms with Crippen molar-refractivity contribution in [2.24, 2.45) is 22.4 Å². The van der Waals surface area contributed by atoms with Gasteiger partial charge < -0.3 is 16.6 Å². The van der Waals surface area contributed by atoms with Crippen molar-refractivity contribution in [3.8, 4) is 0 Å². The molecule has 0 aliphatic carbocycles. The van der Waals surface area contributed by atoms with Crippen molar-refractivity contribution in [2.75, 3.05) is 0 Å². The van der Waals surface area contributed by atoms with Gasteiger partial charge in [0.05, 0.1) is 6.04 Å². The second-order valence-corrected chi connectivity index (χ2v) is 3.98. The summed E-state index contributed by atoms with van der Waals surface area (Å²) in [6.45, 7) is 3.95. The van der Waals surface area contributed by atoms with Crippen molar-refractivity contribution >= 4 is 5.84 Å². The molecule has 1 rings (SSSR count). The lowest BCUT2D eigenvalue weighted by Gasteiger charge is -2.16. The number of aliphatic hydroxyl groups excluding tert-OH is 1. The maximum atomic E-state index is 9.51. The van der Waals surface area contributed by atoms with Gasteiger partial charge >= 0.3 is 0 Å². The van der Waals surface area contributed by atoms with E-state index in [1.54, 1.807) is 0 Å². The van der Waals surface area contributed by atoms with Gasteiger partial charge in [0.25, 0.3) is 0 Å². The molecule has 13 heavy (non-hydrogen) atoms. The molecule has 0 aromatic heterocycles. The van der Waals surface area contributed by atoms with Crippen LogP contribution in [0.5, 0.6) is 0 Å². The fourth-order valence-corrected chi connectivity index (χ4v) is 1.63. The zero-order valence-corrected chi connectivity index (χ0v) is 8.27. The predicted octanol–water partition coefficient (Wildman–Crippen LogP) is -0.150. The number of aliphatic hydroxyl groups is 1. The largest absolute Gasteiger partial charge is 0.385 e. The Balaban J connectivity index is 2.44. The van der Waals surface area contributed by atoms with E-state index in [2.05, 4.69) is 4.99 Å². The highest BCUT2D eigenvalue weighted by Crippen LogP contribution is 2.23. The fraction of sp³-hybridized carbons (Fsp3) is 0.889. The van der Waals surface area contributed by atoms with Crippen molar-refractivity contribution in [3.63, 3.8) is 0 Å². The molecule has 4 atom stereocenters. The summed E-state index contributed by atoms with van der Waals surface area (Å²) in [5.74, 6) is 0.515. The number of nitrogens with zero attached hydrogens (tertiary/aromatic N) is 1. The van der Waals surface area contributed by atoms with Gasteiger partial charge in [-0.1, -0.05) is 6.92 Å². The number of hydrogen-bond donors (Lipinski definition) is 3. The van der Waals surface area contributed by atoms with Crippen LogP contribution in [0.3, 0.4) is 0 Å². The van der Waals surface area contributed by atoms with E-state index in [0.29, 0.717) is 5.84 Å². The van der Waals surface area contributed by atoms with E-state index < -0.39 is 6.10 Å². The van der Waals surface area contributed by atoms with E-state index in [0.717, 1.165) is 12.8 Å². The minimum absolute atomic E-state index is 0.138. The number of amidine groups is 1. The second-order valence-electron chi connectivity index (χ2n) is 3.98. The van der Waals surface area contributed by atoms with Gasteiger partial charge in [-0.2, -0.15) is 0 Å². The molecule has 5 N–H and O–H groups in total. The summed E-state index contributed by atoms with van der Waals surface area (Å²) in [4.78, 5) is 4.21. The number of aliphatic imine (C=N–C) groups is 1. The summed E-state index contributed by atoms with van der Waals surface area (Å²) in [7, 11) is 0. The molecular formula is C9H19N3O. The van der Waals surface area contributed by atoms with Crippen LogP contribution in [0.2, 0.25) is 0 Å². The molecule has 0 aromatic rings. The van der Waals surface area contributed by atoms with Crippen LogP contribution < -0.4 is 11.5 Å². The first-order chi connectivity index (χ1) is 6.02. The first-order valence-electron chi connectivity index (χ1n) is 4.79. The summed E-state index contributed by atoms with van der Waals surface area (Å²) in [6.07, 6.45) is 1.29. The van der Waals surface area contributed by atoms with E-state index in [-0.39, 0.29) is 18.0 Å². The Morgan fingerprint density at radius 2 is 2.23 bits per heavy atom. The summed E-state index contributed by atoms with van der Waals surface area (Å²) in [5, 5.41) is 9.51. The molecule has 0 saturated carbocycles. The quantitative estimate of drug-likeness (QED) is 0.571. The molecule has 0 radical (unpaired) electrons. The van der Waals surface area contributed by atoms with Crippen LogP contribution in [-0.4, -0.2) is 29.1 Å². The monoisotopic (exact) mass is 185 g/mol. The van der Waals surface area contributed by atoms with Crippen LogP contribution >= 0.6 is 0 Å². The average molecular weight is 185 g/mol. The molecule has 1 heterocycles. The Morgan fingerprint density at radius 1 is 1.62 bits per heavy atom. The third-order valence-corrected chi connectivity index (χ3v) is 2.64. The van der Waals surface area contributed by atoms with Crippen molar-refractivity contribution in [1.29, 1.82) is 0 Å². The second kappa shape index (κ2) is 4.07. The lowest BCUT2D eigenvalue weighted by molar-refractivity contribution is 0.175. The standard InChI is InChI=1S/C9H19N3O/c1-5(10)3-4-7-6(2)8(13)9(11)12-7/h5-8,13H,3-4,10H2,1-2H3,(H2,11,12)/t5?,6-,7+,8-/m0/s1. The van der Waals surface area contributed by atoms with Gasteiger partial charge in [-0.15, -0.1) is 0 Å². The molecule has 1 aliphatic heterocycles. The molecule has 1 unspecified atom stereocenters. The molecule has 0 saturated heterocycles. The van der Waals surface area contributed by atoms with E-state index in [4.69, 9.17) is 11.5 Å². The maximum Gasteiger partial charge on any atom is 0.123 e. The Bertz CT molecular complexity index is 203. The first kappa shape index (κ1) is 10.5. The normalized spacial score (nSPS) is 36.0. The van der Waals surface area contributed by atoms with Crippen LogP contribution in [0.25, 0.3) is 0 Å². The van der Waals surface area contributed by atoms with Crippen LogP contribution in [0.4, 0.5) is 0 Å². The van der Waals surface area contributed by atoms with E-state index >= 15 is 0 Å². The highest BCUT2D eigenvalue weighted by molar-refractivity contribution is 5.86. The molecule has 0 bridgehead atoms. The average Bonchev–Trinajstić information content (AvgIpc) is 2.29. The van der Waals surface area contributed by atoms with Gasteiger partial charge in [-0.05, 0) is 19.8 Å². The minimum Gasteiger partial charge on any atom is -0.385 e. The molecule has 1 aliphatic rings. The van der Waals surface area contributed by atoms with E-state index in [9.17, 15) is 5.11 Å². The lowest BCUT2D eigenvalue weighted by atomic mass is 9.94. The molecule has 4 heteroatoms. The highest BCUT2D eigenvalue weighted by atomic mass is 16.3. The smallest absolute Gasteiger partial charge is 0.123 e. The Hall–Kier alpha value is -0.610. The van der Waals surface area contributed by atoms with Crippen LogP contribution in [0, 0.1) is 5.92 Å². The molecule has 0 spiro atoms. The van der Waals surface area contributed by atoms with Crippen molar-refractivity contribution in [3.05, 3.63) is 0 Å². The minimum atomic E-state index is -0.557. The molecule has 76 valence electrons. The summed E-state index contributed by atoms with van der Waals surface area (Å²) in [5.41, 5.74) is 11.2. The molecule has 0 amide bonds. The Morgan fingerprint density at radius 3 is 2.62 bits per heavy atom. The maximum absolute atomic E-state index is 9.51. The van der Waals surface area contributed by atoms with Crippen molar-refractivity contribution in [2.45, 2.75) is 44.9 Å². The van der Waals surface area contributed by atoms with Gasteiger partial charge in [-0.25, -0.2) is 0 Å². The zero-order chi connectivity index (χ0) is 10.0. The van der Waals surface area contributed by atoms with Crippen LogP contribution in [0.1, 0.15) is 26.7 Å². The SMILES string of the molecule is CC(N)CC[C@H]1N=C(N)[C@@H](O)[C@H]1C. The summed E-state index contributed by atoms with van der Waals surface area (Å²) in [6, 6.07) is 0.349.